The van der Waals surface area contributed by atoms with E-state index in [0.717, 1.165) is 36.7 Å². The molecule has 3 unspecified atom stereocenters. The topological polar surface area (TPSA) is 38.5 Å². The van der Waals surface area contributed by atoms with Crippen LogP contribution in [0.15, 0.2) is 18.2 Å². The van der Waals surface area contributed by atoms with Crippen LogP contribution in [0.1, 0.15) is 31.7 Å². The van der Waals surface area contributed by atoms with Crippen LogP contribution in [0.5, 0.6) is 5.75 Å². The lowest BCUT2D eigenvalue weighted by molar-refractivity contribution is 0.0716. The van der Waals surface area contributed by atoms with E-state index >= 15 is 0 Å². The highest BCUT2D eigenvalue weighted by atomic mass is 19.1. The quantitative estimate of drug-likeness (QED) is 0.927. The SMILES string of the molecule is CCC1CCN(CC2Cc3cc(F)ccc3O2)C(CN)C1. The van der Waals surface area contributed by atoms with Crippen LogP contribution in [0.4, 0.5) is 4.39 Å². The molecule has 3 rings (SSSR count). The molecule has 1 aromatic rings. The molecule has 3 nitrogen and oxygen atoms in total. The van der Waals surface area contributed by atoms with E-state index in [0.29, 0.717) is 12.6 Å². The monoisotopic (exact) mass is 292 g/mol. The Morgan fingerprint density at radius 2 is 2.29 bits per heavy atom. The minimum absolute atomic E-state index is 0.133. The zero-order valence-corrected chi connectivity index (χ0v) is 12.7. The fourth-order valence-corrected chi connectivity index (χ4v) is 3.69. The van der Waals surface area contributed by atoms with Crippen LogP contribution in [-0.2, 0) is 6.42 Å². The molecule has 3 atom stereocenters. The first-order chi connectivity index (χ1) is 10.2. The van der Waals surface area contributed by atoms with Crippen molar-refractivity contribution in [3.05, 3.63) is 29.6 Å². The second-order valence-corrected chi connectivity index (χ2v) is 6.38. The number of hydrogen-bond donors (Lipinski definition) is 1. The van der Waals surface area contributed by atoms with Crippen LogP contribution >= 0.6 is 0 Å². The zero-order valence-electron chi connectivity index (χ0n) is 12.7. The van der Waals surface area contributed by atoms with Crippen molar-refractivity contribution in [2.24, 2.45) is 11.7 Å². The maximum absolute atomic E-state index is 13.3. The van der Waals surface area contributed by atoms with Crippen LogP contribution in [-0.4, -0.2) is 36.7 Å². The van der Waals surface area contributed by atoms with E-state index in [9.17, 15) is 4.39 Å². The first kappa shape index (κ1) is 14.8. The van der Waals surface area contributed by atoms with Crippen LogP contribution in [0.2, 0.25) is 0 Å². The summed E-state index contributed by atoms with van der Waals surface area (Å²) < 4.78 is 19.2. The van der Waals surface area contributed by atoms with Gasteiger partial charge in [0.1, 0.15) is 17.7 Å². The summed E-state index contributed by atoms with van der Waals surface area (Å²) in [6.07, 6.45) is 4.63. The highest BCUT2D eigenvalue weighted by Crippen LogP contribution is 2.31. The summed E-state index contributed by atoms with van der Waals surface area (Å²) in [5.41, 5.74) is 6.95. The summed E-state index contributed by atoms with van der Waals surface area (Å²) in [4.78, 5) is 2.47. The van der Waals surface area contributed by atoms with E-state index in [4.69, 9.17) is 10.5 Å². The summed E-state index contributed by atoms with van der Waals surface area (Å²) in [5, 5.41) is 0. The molecule has 0 aliphatic carbocycles. The van der Waals surface area contributed by atoms with Crippen molar-refractivity contribution in [3.8, 4) is 5.75 Å². The molecule has 2 heterocycles. The van der Waals surface area contributed by atoms with Gasteiger partial charge in [0.15, 0.2) is 0 Å². The highest BCUT2D eigenvalue weighted by molar-refractivity contribution is 5.37. The van der Waals surface area contributed by atoms with Gasteiger partial charge in [0, 0.05) is 31.1 Å². The normalized spacial score (nSPS) is 29.2. The molecule has 1 saturated heterocycles. The summed E-state index contributed by atoms with van der Waals surface area (Å²) in [5.74, 6) is 1.47. The molecule has 0 amide bonds. The molecule has 2 aliphatic rings. The third kappa shape index (κ3) is 3.22. The number of ether oxygens (including phenoxy) is 1. The lowest BCUT2D eigenvalue weighted by Gasteiger charge is -2.39. The first-order valence-corrected chi connectivity index (χ1v) is 8.08. The van der Waals surface area contributed by atoms with E-state index in [2.05, 4.69) is 11.8 Å². The predicted molar refractivity (Wildman–Crippen MR) is 82.0 cm³/mol. The third-order valence-corrected chi connectivity index (χ3v) is 5.00. The molecule has 4 heteroatoms. The maximum Gasteiger partial charge on any atom is 0.123 e. The smallest absolute Gasteiger partial charge is 0.123 e. The number of halogens is 1. The number of piperidine rings is 1. The van der Waals surface area contributed by atoms with Crippen LogP contribution < -0.4 is 10.5 Å². The van der Waals surface area contributed by atoms with Crippen molar-refractivity contribution in [1.29, 1.82) is 0 Å². The van der Waals surface area contributed by atoms with Crippen molar-refractivity contribution < 1.29 is 9.13 Å². The number of benzene rings is 1. The number of rotatable bonds is 4. The Bertz CT molecular complexity index is 494. The van der Waals surface area contributed by atoms with E-state index in [1.807, 2.05) is 0 Å². The molecule has 1 fully saturated rings. The second-order valence-electron chi connectivity index (χ2n) is 6.38. The molecule has 1 aromatic carbocycles. The molecule has 116 valence electrons. The predicted octanol–water partition coefficient (Wildman–Crippen LogP) is 2.58. The average molecular weight is 292 g/mol. The minimum atomic E-state index is -0.179. The first-order valence-electron chi connectivity index (χ1n) is 8.08. The van der Waals surface area contributed by atoms with Gasteiger partial charge in [-0.3, -0.25) is 4.90 Å². The lowest BCUT2D eigenvalue weighted by Crippen LogP contribution is -2.50. The van der Waals surface area contributed by atoms with Gasteiger partial charge in [-0.2, -0.15) is 0 Å². The fraction of sp³-hybridized carbons (Fsp3) is 0.647. The van der Waals surface area contributed by atoms with E-state index in [1.54, 1.807) is 12.1 Å². The lowest BCUT2D eigenvalue weighted by atomic mass is 9.88. The summed E-state index contributed by atoms with van der Waals surface area (Å²) >= 11 is 0. The second kappa shape index (κ2) is 6.32. The molecule has 0 spiro atoms. The maximum atomic E-state index is 13.3. The molecule has 21 heavy (non-hydrogen) atoms. The summed E-state index contributed by atoms with van der Waals surface area (Å²) in [7, 11) is 0. The zero-order chi connectivity index (χ0) is 14.8. The molecule has 0 aromatic heterocycles. The van der Waals surface area contributed by atoms with Gasteiger partial charge in [-0.15, -0.1) is 0 Å². The van der Waals surface area contributed by atoms with E-state index < -0.39 is 0 Å². The standard InChI is InChI=1S/C17H25FN2O/c1-2-12-5-6-20(15(7-12)10-19)11-16-9-13-8-14(18)3-4-17(13)21-16/h3-4,8,12,15-16H,2,5-7,9-11,19H2,1H3. The van der Waals surface area contributed by atoms with Gasteiger partial charge in [0.05, 0.1) is 0 Å². The van der Waals surface area contributed by atoms with Crippen molar-refractivity contribution in [2.45, 2.75) is 44.8 Å². The van der Waals surface area contributed by atoms with Crippen molar-refractivity contribution in [2.75, 3.05) is 19.6 Å². The Hall–Kier alpha value is -1.13. The Morgan fingerprint density at radius 1 is 1.43 bits per heavy atom. The number of nitrogens with zero attached hydrogens (tertiary/aromatic N) is 1. The Balaban J connectivity index is 1.60. The van der Waals surface area contributed by atoms with Crippen LogP contribution in [0.3, 0.4) is 0 Å². The highest BCUT2D eigenvalue weighted by Gasteiger charge is 2.31. The fourth-order valence-electron chi connectivity index (χ4n) is 3.69. The molecular formula is C17H25FN2O. The van der Waals surface area contributed by atoms with Gasteiger partial charge in [-0.1, -0.05) is 13.3 Å². The Labute approximate surface area is 126 Å². The number of hydrogen-bond acceptors (Lipinski definition) is 3. The van der Waals surface area contributed by atoms with Gasteiger partial charge in [-0.05, 0) is 43.5 Å². The van der Waals surface area contributed by atoms with Gasteiger partial charge in [0.25, 0.3) is 0 Å². The van der Waals surface area contributed by atoms with Crippen LogP contribution in [0.25, 0.3) is 0 Å². The average Bonchev–Trinajstić information content (AvgIpc) is 2.89. The summed E-state index contributed by atoms with van der Waals surface area (Å²) in [6, 6.07) is 5.28. The number of nitrogens with two attached hydrogens (primary N) is 1. The van der Waals surface area contributed by atoms with Gasteiger partial charge in [-0.25, -0.2) is 4.39 Å². The van der Waals surface area contributed by atoms with Gasteiger partial charge >= 0.3 is 0 Å². The molecule has 0 bridgehead atoms. The van der Waals surface area contributed by atoms with E-state index in [1.165, 1.54) is 25.3 Å². The molecular weight excluding hydrogens is 267 g/mol. The molecule has 0 saturated carbocycles. The molecule has 2 aliphatic heterocycles. The van der Waals surface area contributed by atoms with Crippen LogP contribution in [0, 0.1) is 11.7 Å². The van der Waals surface area contributed by atoms with Gasteiger partial charge < -0.3 is 10.5 Å². The van der Waals surface area contributed by atoms with Crippen molar-refractivity contribution in [3.63, 3.8) is 0 Å². The van der Waals surface area contributed by atoms with Crippen molar-refractivity contribution in [1.82, 2.24) is 4.90 Å². The molecule has 0 radical (unpaired) electrons. The Kier molecular flexibility index (Phi) is 4.45. The summed E-state index contributed by atoms with van der Waals surface area (Å²) in [6.45, 7) is 4.98. The third-order valence-electron chi connectivity index (χ3n) is 5.00. The number of fused-ring (bicyclic) bond motifs is 1. The van der Waals surface area contributed by atoms with Crippen molar-refractivity contribution >= 4 is 0 Å². The number of likely N-dealkylation sites (tertiary alicyclic amines) is 1. The largest absolute Gasteiger partial charge is 0.488 e. The Morgan fingerprint density at radius 3 is 3.05 bits per heavy atom. The van der Waals surface area contributed by atoms with E-state index in [-0.39, 0.29) is 11.9 Å². The van der Waals surface area contributed by atoms with Gasteiger partial charge in [0.2, 0.25) is 0 Å². The minimum Gasteiger partial charge on any atom is -0.488 e. The molecule has 2 N–H and O–H groups in total.